The summed E-state index contributed by atoms with van der Waals surface area (Å²) >= 11 is 12.1. The van der Waals surface area contributed by atoms with Gasteiger partial charge in [0.05, 0.1) is 10.0 Å². The molecule has 2 aromatic carbocycles. The van der Waals surface area contributed by atoms with Crippen molar-refractivity contribution in [3.63, 3.8) is 0 Å². The minimum atomic E-state index is -0.264. The van der Waals surface area contributed by atoms with E-state index in [2.05, 4.69) is 0 Å². The quantitative estimate of drug-likeness (QED) is 0.205. The van der Waals surface area contributed by atoms with E-state index in [4.69, 9.17) is 32.7 Å². The third-order valence-electron chi connectivity index (χ3n) is 4.63. The second-order valence-corrected chi connectivity index (χ2v) is 8.25. The number of rotatable bonds is 11. The Morgan fingerprint density at radius 1 is 0.667 bits per heavy atom. The van der Waals surface area contributed by atoms with Gasteiger partial charge >= 0.3 is 11.9 Å². The standard InChI is InChI=1S/C24H28Cl2O4/c1-17-11-13-19(25)21(15-17)29-23(27)9-7-5-3-4-6-8-10-24(28)30-22-16-18(2)12-14-20(22)26/h11-16H,3-10H2,1-2H3. The highest BCUT2D eigenvalue weighted by Crippen LogP contribution is 2.27. The first kappa shape index (κ1) is 24.2. The van der Waals surface area contributed by atoms with E-state index in [-0.39, 0.29) is 11.9 Å². The van der Waals surface area contributed by atoms with E-state index < -0.39 is 0 Å². The molecule has 2 aromatic rings. The summed E-state index contributed by atoms with van der Waals surface area (Å²) in [5, 5.41) is 0.884. The molecule has 4 nitrogen and oxygen atoms in total. The largest absolute Gasteiger partial charge is 0.425 e. The summed E-state index contributed by atoms with van der Waals surface area (Å²) in [6.45, 7) is 3.84. The maximum absolute atomic E-state index is 11.9. The van der Waals surface area contributed by atoms with Gasteiger partial charge in [-0.3, -0.25) is 9.59 Å². The van der Waals surface area contributed by atoms with Crippen LogP contribution in [-0.2, 0) is 9.59 Å². The number of carbonyl (C=O) groups excluding carboxylic acids is 2. The van der Waals surface area contributed by atoms with Crippen LogP contribution in [0.3, 0.4) is 0 Å². The molecule has 0 saturated carbocycles. The zero-order valence-electron chi connectivity index (χ0n) is 17.5. The second-order valence-electron chi connectivity index (χ2n) is 7.44. The molecular weight excluding hydrogens is 423 g/mol. The molecule has 0 aromatic heterocycles. The van der Waals surface area contributed by atoms with E-state index in [9.17, 15) is 9.59 Å². The number of halogens is 2. The number of aryl methyl sites for hydroxylation is 2. The molecule has 0 aliphatic rings. The maximum atomic E-state index is 11.9. The molecule has 162 valence electrons. The molecule has 0 radical (unpaired) electrons. The minimum absolute atomic E-state index is 0.264. The lowest BCUT2D eigenvalue weighted by Crippen LogP contribution is -2.08. The van der Waals surface area contributed by atoms with Crippen LogP contribution >= 0.6 is 23.2 Å². The average Bonchev–Trinajstić information content (AvgIpc) is 2.69. The topological polar surface area (TPSA) is 52.6 Å². The average molecular weight is 451 g/mol. The smallest absolute Gasteiger partial charge is 0.311 e. The molecule has 0 heterocycles. The number of esters is 2. The van der Waals surface area contributed by atoms with Gasteiger partial charge in [0.1, 0.15) is 11.5 Å². The van der Waals surface area contributed by atoms with E-state index in [1.54, 1.807) is 24.3 Å². The summed E-state index contributed by atoms with van der Waals surface area (Å²) in [4.78, 5) is 23.9. The Labute approximate surface area is 188 Å². The highest BCUT2D eigenvalue weighted by Gasteiger charge is 2.10. The van der Waals surface area contributed by atoms with E-state index in [0.29, 0.717) is 34.4 Å². The van der Waals surface area contributed by atoms with Crippen LogP contribution in [0.25, 0.3) is 0 Å². The van der Waals surface area contributed by atoms with Gasteiger partial charge in [0.25, 0.3) is 0 Å². The van der Waals surface area contributed by atoms with E-state index >= 15 is 0 Å². The van der Waals surface area contributed by atoms with Crippen molar-refractivity contribution in [2.45, 2.75) is 65.2 Å². The van der Waals surface area contributed by atoms with Gasteiger partial charge in [-0.1, -0.05) is 61.0 Å². The Morgan fingerprint density at radius 2 is 1.03 bits per heavy atom. The highest BCUT2D eigenvalue weighted by molar-refractivity contribution is 6.32. The fourth-order valence-electron chi connectivity index (χ4n) is 2.97. The van der Waals surface area contributed by atoms with Gasteiger partial charge in [-0.05, 0) is 62.1 Å². The molecule has 0 spiro atoms. The van der Waals surface area contributed by atoms with Crippen molar-refractivity contribution >= 4 is 35.1 Å². The van der Waals surface area contributed by atoms with Crippen LogP contribution in [0.2, 0.25) is 10.0 Å². The van der Waals surface area contributed by atoms with Crippen molar-refractivity contribution in [2.24, 2.45) is 0 Å². The van der Waals surface area contributed by atoms with E-state index in [1.165, 1.54) is 0 Å². The van der Waals surface area contributed by atoms with Gasteiger partial charge in [-0.15, -0.1) is 0 Å². The molecule has 0 amide bonds. The highest BCUT2D eigenvalue weighted by atomic mass is 35.5. The molecule has 0 aliphatic heterocycles. The third-order valence-corrected chi connectivity index (χ3v) is 5.26. The summed E-state index contributed by atoms with van der Waals surface area (Å²) in [5.41, 5.74) is 1.99. The number of carbonyl (C=O) groups is 2. The number of ether oxygens (including phenoxy) is 2. The first-order chi connectivity index (χ1) is 14.3. The summed E-state index contributed by atoms with van der Waals surface area (Å²) < 4.78 is 10.7. The van der Waals surface area contributed by atoms with Crippen LogP contribution in [0.1, 0.15) is 62.5 Å². The molecule has 2 rings (SSSR count). The van der Waals surface area contributed by atoms with Gasteiger partial charge in [0.2, 0.25) is 0 Å². The molecule has 0 unspecified atom stereocenters. The predicted molar refractivity (Wildman–Crippen MR) is 121 cm³/mol. The van der Waals surface area contributed by atoms with Crippen LogP contribution in [0.5, 0.6) is 11.5 Å². The number of hydrogen-bond donors (Lipinski definition) is 0. The molecule has 0 aliphatic carbocycles. The zero-order chi connectivity index (χ0) is 21.9. The Kier molecular flexibility index (Phi) is 10.2. The fourth-order valence-corrected chi connectivity index (χ4v) is 3.28. The molecule has 6 heteroatoms. The van der Waals surface area contributed by atoms with Crippen molar-refractivity contribution in [3.8, 4) is 11.5 Å². The first-order valence-corrected chi connectivity index (χ1v) is 11.0. The molecule has 0 atom stereocenters. The SMILES string of the molecule is Cc1ccc(Cl)c(OC(=O)CCCCCCCCC(=O)Oc2cc(C)ccc2Cl)c1. The molecular formula is C24H28Cl2O4. The normalized spacial score (nSPS) is 10.7. The summed E-state index contributed by atoms with van der Waals surface area (Å²) in [6.07, 6.45) is 6.20. The Hall–Kier alpha value is -2.04. The van der Waals surface area contributed by atoms with Gasteiger partial charge in [0.15, 0.2) is 0 Å². The van der Waals surface area contributed by atoms with Crippen LogP contribution in [-0.4, -0.2) is 11.9 Å². The fraction of sp³-hybridized carbons (Fsp3) is 0.417. The summed E-state index contributed by atoms with van der Waals surface area (Å²) in [7, 11) is 0. The van der Waals surface area contributed by atoms with Crippen molar-refractivity contribution in [1.29, 1.82) is 0 Å². The Balaban J connectivity index is 1.52. The number of unbranched alkanes of at least 4 members (excludes halogenated alkanes) is 5. The molecule has 30 heavy (non-hydrogen) atoms. The van der Waals surface area contributed by atoms with Gasteiger partial charge in [-0.25, -0.2) is 0 Å². The minimum Gasteiger partial charge on any atom is -0.425 e. The number of hydrogen-bond acceptors (Lipinski definition) is 4. The van der Waals surface area contributed by atoms with E-state index in [1.807, 2.05) is 26.0 Å². The second kappa shape index (κ2) is 12.6. The Bertz CT molecular complexity index is 793. The molecule has 0 bridgehead atoms. The van der Waals surface area contributed by atoms with Crippen molar-refractivity contribution in [2.75, 3.05) is 0 Å². The van der Waals surface area contributed by atoms with Crippen molar-refractivity contribution < 1.29 is 19.1 Å². The summed E-state index contributed by atoms with van der Waals surface area (Å²) in [6, 6.07) is 10.7. The van der Waals surface area contributed by atoms with Gasteiger partial charge in [0, 0.05) is 12.8 Å². The lowest BCUT2D eigenvalue weighted by molar-refractivity contribution is -0.135. The van der Waals surface area contributed by atoms with Crippen LogP contribution < -0.4 is 9.47 Å². The monoisotopic (exact) mass is 450 g/mol. The lowest BCUT2D eigenvalue weighted by Gasteiger charge is -2.08. The molecule has 0 N–H and O–H groups in total. The lowest BCUT2D eigenvalue weighted by atomic mass is 10.1. The maximum Gasteiger partial charge on any atom is 0.311 e. The molecule has 0 fully saturated rings. The number of benzene rings is 2. The third kappa shape index (κ3) is 8.76. The van der Waals surface area contributed by atoms with Crippen LogP contribution in [0.4, 0.5) is 0 Å². The Morgan fingerprint density at radius 3 is 1.43 bits per heavy atom. The first-order valence-electron chi connectivity index (χ1n) is 10.3. The predicted octanol–water partition coefficient (Wildman–Crippen LogP) is 7.24. The zero-order valence-corrected chi connectivity index (χ0v) is 19.0. The molecule has 0 saturated heterocycles. The van der Waals surface area contributed by atoms with Crippen molar-refractivity contribution in [3.05, 3.63) is 57.6 Å². The van der Waals surface area contributed by atoms with Gasteiger partial charge in [-0.2, -0.15) is 0 Å². The van der Waals surface area contributed by atoms with Crippen LogP contribution in [0.15, 0.2) is 36.4 Å². The van der Waals surface area contributed by atoms with E-state index in [0.717, 1.165) is 49.7 Å². The van der Waals surface area contributed by atoms with Crippen LogP contribution in [0, 0.1) is 13.8 Å². The summed E-state index contributed by atoms with van der Waals surface area (Å²) in [5.74, 6) is 0.307. The van der Waals surface area contributed by atoms with Crippen molar-refractivity contribution in [1.82, 2.24) is 0 Å². The van der Waals surface area contributed by atoms with Gasteiger partial charge < -0.3 is 9.47 Å².